The predicted octanol–water partition coefficient (Wildman–Crippen LogP) is 2.23. The maximum absolute atomic E-state index is 6.01. The van der Waals surface area contributed by atoms with E-state index in [1.54, 1.807) is 0 Å². The molecule has 0 radical (unpaired) electrons. The molecule has 2 N–H and O–H groups in total. The molecule has 0 saturated carbocycles. The number of aryl methyl sites for hydroxylation is 2. The molecule has 2 nitrogen and oxygen atoms in total. The Morgan fingerprint density at radius 2 is 2.19 bits per heavy atom. The lowest BCUT2D eigenvalue weighted by Gasteiger charge is -2.31. The van der Waals surface area contributed by atoms with Crippen molar-refractivity contribution in [1.82, 2.24) is 4.90 Å². The number of benzene rings is 1. The van der Waals surface area contributed by atoms with Crippen LogP contribution in [-0.4, -0.2) is 24.0 Å². The Morgan fingerprint density at radius 3 is 2.94 bits per heavy atom. The van der Waals surface area contributed by atoms with E-state index in [4.69, 9.17) is 5.73 Å². The summed E-state index contributed by atoms with van der Waals surface area (Å²) in [5, 5.41) is 0. The van der Waals surface area contributed by atoms with E-state index >= 15 is 0 Å². The third-order valence-corrected chi connectivity index (χ3v) is 3.44. The van der Waals surface area contributed by atoms with Gasteiger partial charge in [-0.1, -0.05) is 23.8 Å². The van der Waals surface area contributed by atoms with Gasteiger partial charge in [-0.3, -0.25) is 4.90 Å². The van der Waals surface area contributed by atoms with Crippen LogP contribution in [0.4, 0.5) is 0 Å². The summed E-state index contributed by atoms with van der Waals surface area (Å²) in [7, 11) is 0. The van der Waals surface area contributed by atoms with Crippen molar-refractivity contribution in [1.29, 1.82) is 0 Å². The van der Waals surface area contributed by atoms with E-state index in [2.05, 4.69) is 36.9 Å². The van der Waals surface area contributed by atoms with Gasteiger partial charge in [0.1, 0.15) is 0 Å². The number of likely N-dealkylation sites (tertiary alicyclic amines) is 1. The second-order valence-electron chi connectivity index (χ2n) is 5.07. The van der Waals surface area contributed by atoms with Gasteiger partial charge in [-0.15, -0.1) is 0 Å². The van der Waals surface area contributed by atoms with Crippen molar-refractivity contribution >= 4 is 0 Å². The van der Waals surface area contributed by atoms with E-state index in [0.717, 1.165) is 13.1 Å². The second-order valence-corrected chi connectivity index (χ2v) is 5.07. The highest BCUT2D eigenvalue weighted by molar-refractivity contribution is 5.30. The third-order valence-electron chi connectivity index (χ3n) is 3.44. The molecule has 88 valence electrons. The Kier molecular flexibility index (Phi) is 3.62. The Balaban J connectivity index is 2.05. The van der Waals surface area contributed by atoms with E-state index in [1.165, 1.54) is 36.1 Å². The van der Waals surface area contributed by atoms with Crippen molar-refractivity contribution < 1.29 is 0 Å². The van der Waals surface area contributed by atoms with E-state index in [-0.39, 0.29) is 0 Å². The van der Waals surface area contributed by atoms with Crippen LogP contribution in [0.15, 0.2) is 18.2 Å². The van der Waals surface area contributed by atoms with Crippen LogP contribution in [-0.2, 0) is 6.54 Å². The zero-order valence-electron chi connectivity index (χ0n) is 10.4. The molecule has 16 heavy (non-hydrogen) atoms. The summed E-state index contributed by atoms with van der Waals surface area (Å²) in [4.78, 5) is 2.48. The third kappa shape index (κ3) is 2.83. The van der Waals surface area contributed by atoms with Crippen LogP contribution in [0, 0.1) is 13.8 Å². The lowest BCUT2D eigenvalue weighted by molar-refractivity contribution is 0.201. The molecule has 1 aliphatic rings. The lowest BCUT2D eigenvalue weighted by atomic mass is 10.0. The van der Waals surface area contributed by atoms with Crippen molar-refractivity contribution in [2.24, 2.45) is 5.73 Å². The molecule has 1 aromatic rings. The minimum Gasteiger partial charge on any atom is -0.327 e. The summed E-state index contributed by atoms with van der Waals surface area (Å²) in [6, 6.07) is 7.07. The monoisotopic (exact) mass is 218 g/mol. The lowest BCUT2D eigenvalue weighted by Crippen LogP contribution is -2.42. The molecule has 1 saturated heterocycles. The molecule has 0 amide bonds. The van der Waals surface area contributed by atoms with Crippen molar-refractivity contribution in [2.45, 2.75) is 39.3 Å². The highest BCUT2D eigenvalue weighted by Gasteiger charge is 2.16. The van der Waals surface area contributed by atoms with Gasteiger partial charge >= 0.3 is 0 Å². The van der Waals surface area contributed by atoms with Crippen LogP contribution < -0.4 is 5.73 Å². The number of piperidine rings is 1. The normalized spacial score (nSPS) is 22.3. The van der Waals surface area contributed by atoms with Crippen molar-refractivity contribution in [3.63, 3.8) is 0 Å². The molecule has 2 heteroatoms. The first-order valence-corrected chi connectivity index (χ1v) is 6.19. The van der Waals surface area contributed by atoms with E-state index < -0.39 is 0 Å². The Hall–Kier alpha value is -0.860. The first-order chi connectivity index (χ1) is 7.65. The summed E-state index contributed by atoms with van der Waals surface area (Å²) >= 11 is 0. The maximum atomic E-state index is 6.01. The molecule has 0 spiro atoms. The van der Waals surface area contributed by atoms with Gasteiger partial charge in [0.05, 0.1) is 0 Å². The van der Waals surface area contributed by atoms with Gasteiger partial charge in [0.2, 0.25) is 0 Å². The second kappa shape index (κ2) is 4.98. The fourth-order valence-electron chi connectivity index (χ4n) is 2.45. The van der Waals surface area contributed by atoms with E-state index in [9.17, 15) is 0 Å². The first-order valence-electron chi connectivity index (χ1n) is 6.19. The van der Waals surface area contributed by atoms with Gasteiger partial charge in [0, 0.05) is 19.1 Å². The molecule has 0 bridgehead atoms. The summed E-state index contributed by atoms with van der Waals surface area (Å²) in [6.45, 7) is 7.65. The average molecular weight is 218 g/mol. The fraction of sp³-hybridized carbons (Fsp3) is 0.571. The quantitative estimate of drug-likeness (QED) is 0.825. The summed E-state index contributed by atoms with van der Waals surface area (Å²) < 4.78 is 0. The topological polar surface area (TPSA) is 29.3 Å². The SMILES string of the molecule is Cc1ccc(C)c(CN2CCC[C@H](N)C2)c1. The smallest absolute Gasteiger partial charge is 0.0237 e. The van der Waals surface area contributed by atoms with Crippen molar-refractivity contribution in [3.05, 3.63) is 34.9 Å². The Morgan fingerprint density at radius 1 is 1.38 bits per heavy atom. The molecule has 1 heterocycles. The minimum absolute atomic E-state index is 0.374. The number of hydrogen-bond acceptors (Lipinski definition) is 2. The number of nitrogens with two attached hydrogens (primary N) is 1. The molecule has 2 rings (SSSR count). The summed E-state index contributed by atoms with van der Waals surface area (Å²) in [5.74, 6) is 0. The number of rotatable bonds is 2. The highest BCUT2D eigenvalue weighted by atomic mass is 15.1. The van der Waals surface area contributed by atoms with Gasteiger partial charge in [-0.2, -0.15) is 0 Å². The van der Waals surface area contributed by atoms with E-state index in [0.29, 0.717) is 6.04 Å². The van der Waals surface area contributed by atoms with Crippen LogP contribution in [0.1, 0.15) is 29.5 Å². The maximum Gasteiger partial charge on any atom is 0.0237 e. The standard InChI is InChI=1S/C14H22N2/c1-11-5-6-12(2)13(8-11)9-16-7-3-4-14(15)10-16/h5-6,8,14H,3-4,7,9-10,15H2,1-2H3/t14-/m0/s1. The van der Waals surface area contributed by atoms with Crippen molar-refractivity contribution in [2.75, 3.05) is 13.1 Å². The van der Waals surface area contributed by atoms with Crippen LogP contribution in [0.2, 0.25) is 0 Å². The summed E-state index contributed by atoms with van der Waals surface area (Å²) in [6.07, 6.45) is 2.43. The van der Waals surface area contributed by atoms with Gasteiger partial charge < -0.3 is 5.73 Å². The largest absolute Gasteiger partial charge is 0.327 e. The predicted molar refractivity (Wildman–Crippen MR) is 68.4 cm³/mol. The van der Waals surface area contributed by atoms with Crippen molar-refractivity contribution in [3.8, 4) is 0 Å². The molecular weight excluding hydrogens is 196 g/mol. The molecular formula is C14H22N2. The molecule has 0 aromatic heterocycles. The highest BCUT2D eigenvalue weighted by Crippen LogP contribution is 2.16. The molecule has 1 aromatic carbocycles. The van der Waals surface area contributed by atoms with Crippen LogP contribution >= 0.6 is 0 Å². The fourth-order valence-corrected chi connectivity index (χ4v) is 2.45. The average Bonchev–Trinajstić information content (AvgIpc) is 2.24. The number of hydrogen-bond donors (Lipinski definition) is 1. The first kappa shape index (κ1) is 11.6. The van der Waals surface area contributed by atoms with E-state index in [1.807, 2.05) is 0 Å². The zero-order chi connectivity index (χ0) is 11.5. The van der Waals surface area contributed by atoms with Gasteiger partial charge in [-0.25, -0.2) is 0 Å². The van der Waals surface area contributed by atoms with Gasteiger partial charge in [0.15, 0.2) is 0 Å². The molecule has 1 aliphatic heterocycles. The Labute approximate surface area is 98.4 Å². The summed E-state index contributed by atoms with van der Waals surface area (Å²) in [5.41, 5.74) is 10.2. The van der Waals surface area contributed by atoms with Crippen LogP contribution in [0.25, 0.3) is 0 Å². The molecule has 1 atom stereocenters. The van der Waals surface area contributed by atoms with Crippen LogP contribution in [0.5, 0.6) is 0 Å². The molecule has 0 unspecified atom stereocenters. The van der Waals surface area contributed by atoms with Gasteiger partial charge in [-0.05, 0) is 44.4 Å². The minimum atomic E-state index is 0.374. The van der Waals surface area contributed by atoms with Gasteiger partial charge in [0.25, 0.3) is 0 Å². The Bertz CT molecular complexity index is 360. The molecule has 0 aliphatic carbocycles. The molecule has 1 fully saturated rings. The number of nitrogens with zero attached hydrogens (tertiary/aromatic N) is 1. The van der Waals surface area contributed by atoms with Crippen LogP contribution in [0.3, 0.4) is 0 Å². The zero-order valence-corrected chi connectivity index (χ0v) is 10.4.